The highest BCUT2D eigenvalue weighted by atomic mass is 16.7. The van der Waals surface area contributed by atoms with Crippen LogP contribution in [0.4, 0.5) is 0 Å². The largest absolute Gasteiger partial charge is 0.387 e. The third-order valence-corrected chi connectivity index (χ3v) is 8.49. The number of fused-ring (bicyclic) bond motifs is 1. The summed E-state index contributed by atoms with van der Waals surface area (Å²) in [5.74, 6) is 0.111. The van der Waals surface area contributed by atoms with Crippen molar-refractivity contribution < 1.29 is 28.8 Å². The van der Waals surface area contributed by atoms with Gasteiger partial charge >= 0.3 is 0 Å². The van der Waals surface area contributed by atoms with Gasteiger partial charge in [0, 0.05) is 30.9 Å². The van der Waals surface area contributed by atoms with Gasteiger partial charge < -0.3 is 28.8 Å². The zero-order valence-corrected chi connectivity index (χ0v) is 22.4. The number of hydrogen-bond donors (Lipinski definition) is 1. The Kier molecular flexibility index (Phi) is 11.1. The minimum atomic E-state index is -1.02. The first-order valence-electron chi connectivity index (χ1n) is 14.5. The Hall–Kier alpha value is -1.02. The SMILES string of the molecule is CCCCCCCCCC[C@@H]1[C@@H](OC)C[C@@H]2CO[C@@H](c3ccccc3)O[C@H]2[C@@]1(O)CCC1OCCO1. The fourth-order valence-electron chi connectivity index (χ4n) is 6.53. The number of benzene rings is 1. The molecule has 36 heavy (non-hydrogen) atoms. The number of aliphatic hydroxyl groups is 1. The summed E-state index contributed by atoms with van der Waals surface area (Å²) in [6.45, 7) is 4.07. The number of methoxy groups -OCH3 is 1. The molecule has 6 atom stereocenters. The summed E-state index contributed by atoms with van der Waals surface area (Å²) in [6, 6.07) is 10.1. The van der Waals surface area contributed by atoms with Crippen molar-refractivity contribution in [3.05, 3.63) is 35.9 Å². The fourth-order valence-corrected chi connectivity index (χ4v) is 6.53. The van der Waals surface area contributed by atoms with Crippen molar-refractivity contribution in [1.29, 1.82) is 0 Å². The summed E-state index contributed by atoms with van der Waals surface area (Å²) in [6.07, 6.45) is 12.2. The highest BCUT2D eigenvalue weighted by Crippen LogP contribution is 2.49. The molecular formula is C30H48O6. The molecular weight excluding hydrogens is 456 g/mol. The first-order chi connectivity index (χ1) is 17.7. The minimum Gasteiger partial charge on any atom is -0.387 e. The van der Waals surface area contributed by atoms with Crippen LogP contribution in [0.15, 0.2) is 30.3 Å². The third kappa shape index (κ3) is 7.09. The van der Waals surface area contributed by atoms with Crippen LogP contribution in [0.2, 0.25) is 0 Å². The average Bonchev–Trinajstić information content (AvgIpc) is 3.44. The number of ether oxygens (including phenoxy) is 5. The predicted molar refractivity (Wildman–Crippen MR) is 140 cm³/mol. The lowest BCUT2D eigenvalue weighted by molar-refractivity contribution is -0.319. The Morgan fingerprint density at radius 2 is 1.61 bits per heavy atom. The van der Waals surface area contributed by atoms with Crippen molar-refractivity contribution in [2.45, 2.75) is 114 Å². The van der Waals surface area contributed by atoms with Crippen LogP contribution in [0, 0.1) is 11.8 Å². The molecule has 4 rings (SSSR count). The van der Waals surface area contributed by atoms with E-state index in [9.17, 15) is 5.11 Å². The predicted octanol–water partition coefficient (Wildman–Crippen LogP) is 6.17. The Balaban J connectivity index is 1.44. The first kappa shape index (κ1) is 28.0. The lowest BCUT2D eigenvalue weighted by atomic mass is 9.63. The summed E-state index contributed by atoms with van der Waals surface area (Å²) in [5, 5.41) is 12.5. The molecule has 0 bridgehead atoms. The second-order valence-corrected chi connectivity index (χ2v) is 11.0. The van der Waals surface area contributed by atoms with Crippen molar-refractivity contribution in [2.24, 2.45) is 11.8 Å². The van der Waals surface area contributed by atoms with Gasteiger partial charge in [-0.15, -0.1) is 0 Å². The van der Waals surface area contributed by atoms with Crippen LogP contribution in [0.3, 0.4) is 0 Å². The van der Waals surface area contributed by atoms with E-state index in [-0.39, 0.29) is 30.3 Å². The molecule has 2 aliphatic heterocycles. The summed E-state index contributed by atoms with van der Waals surface area (Å²) in [4.78, 5) is 0. The van der Waals surface area contributed by atoms with E-state index in [2.05, 4.69) is 6.92 Å². The van der Waals surface area contributed by atoms with E-state index in [1.807, 2.05) is 30.3 Å². The molecule has 6 heteroatoms. The molecule has 0 aromatic heterocycles. The van der Waals surface area contributed by atoms with Gasteiger partial charge in [-0.3, -0.25) is 0 Å². The third-order valence-electron chi connectivity index (χ3n) is 8.49. The van der Waals surface area contributed by atoms with Gasteiger partial charge in [-0.1, -0.05) is 88.6 Å². The zero-order valence-electron chi connectivity index (χ0n) is 22.4. The summed E-state index contributed by atoms with van der Waals surface area (Å²) in [5.41, 5.74) is -0.0224. The number of hydrogen-bond acceptors (Lipinski definition) is 6. The quantitative estimate of drug-likeness (QED) is 0.306. The Bertz CT molecular complexity index is 738. The van der Waals surface area contributed by atoms with Crippen molar-refractivity contribution in [2.75, 3.05) is 26.9 Å². The molecule has 2 saturated heterocycles. The maximum Gasteiger partial charge on any atom is 0.184 e. The van der Waals surface area contributed by atoms with Gasteiger partial charge in [-0.25, -0.2) is 0 Å². The van der Waals surface area contributed by atoms with E-state index >= 15 is 0 Å². The van der Waals surface area contributed by atoms with Crippen LogP contribution in [0.5, 0.6) is 0 Å². The topological polar surface area (TPSA) is 66.4 Å². The van der Waals surface area contributed by atoms with Crippen molar-refractivity contribution in [3.8, 4) is 0 Å². The molecule has 3 aliphatic rings. The highest BCUT2D eigenvalue weighted by molar-refractivity contribution is 5.17. The highest BCUT2D eigenvalue weighted by Gasteiger charge is 2.57. The molecule has 3 fully saturated rings. The molecule has 1 N–H and O–H groups in total. The maximum atomic E-state index is 12.5. The molecule has 1 aromatic carbocycles. The molecule has 1 saturated carbocycles. The van der Waals surface area contributed by atoms with E-state index in [1.165, 1.54) is 44.9 Å². The molecule has 1 aliphatic carbocycles. The van der Waals surface area contributed by atoms with E-state index in [0.29, 0.717) is 32.7 Å². The summed E-state index contributed by atoms with van der Waals surface area (Å²) in [7, 11) is 1.78. The van der Waals surface area contributed by atoms with E-state index in [4.69, 9.17) is 23.7 Å². The van der Waals surface area contributed by atoms with Gasteiger partial charge in [0.1, 0.15) is 0 Å². The Labute approximate surface area is 218 Å². The lowest BCUT2D eigenvalue weighted by Gasteiger charge is -2.55. The zero-order chi connectivity index (χ0) is 25.2. The van der Waals surface area contributed by atoms with Crippen molar-refractivity contribution in [3.63, 3.8) is 0 Å². The van der Waals surface area contributed by atoms with Crippen LogP contribution in [0.1, 0.15) is 95.8 Å². The van der Waals surface area contributed by atoms with E-state index < -0.39 is 11.9 Å². The maximum absolute atomic E-state index is 12.5. The van der Waals surface area contributed by atoms with Gasteiger partial charge in [0.15, 0.2) is 12.6 Å². The lowest BCUT2D eigenvalue weighted by Crippen LogP contribution is -2.64. The minimum absolute atomic E-state index is 0.00769. The molecule has 2 heterocycles. The monoisotopic (exact) mass is 504 g/mol. The van der Waals surface area contributed by atoms with Gasteiger partial charge in [0.05, 0.1) is 37.6 Å². The van der Waals surface area contributed by atoms with Crippen molar-refractivity contribution in [1.82, 2.24) is 0 Å². The van der Waals surface area contributed by atoms with E-state index in [0.717, 1.165) is 24.8 Å². The Morgan fingerprint density at radius 1 is 0.917 bits per heavy atom. The Morgan fingerprint density at radius 3 is 2.31 bits per heavy atom. The smallest absolute Gasteiger partial charge is 0.184 e. The van der Waals surface area contributed by atoms with Crippen LogP contribution in [-0.2, 0) is 23.7 Å². The average molecular weight is 505 g/mol. The number of unbranched alkanes of at least 4 members (excludes halogenated alkanes) is 7. The molecule has 0 unspecified atom stereocenters. The normalized spacial score (nSPS) is 33.0. The van der Waals surface area contributed by atoms with Crippen LogP contribution >= 0.6 is 0 Å². The van der Waals surface area contributed by atoms with Crippen LogP contribution < -0.4 is 0 Å². The molecule has 1 aromatic rings. The number of rotatable bonds is 14. The molecule has 6 nitrogen and oxygen atoms in total. The molecule has 0 spiro atoms. The van der Waals surface area contributed by atoms with E-state index in [1.54, 1.807) is 7.11 Å². The van der Waals surface area contributed by atoms with Gasteiger partial charge in [0.25, 0.3) is 0 Å². The first-order valence-corrected chi connectivity index (χ1v) is 14.5. The van der Waals surface area contributed by atoms with Crippen LogP contribution in [0.25, 0.3) is 0 Å². The van der Waals surface area contributed by atoms with Gasteiger partial charge in [-0.2, -0.15) is 0 Å². The fraction of sp³-hybridized carbons (Fsp3) is 0.800. The summed E-state index contributed by atoms with van der Waals surface area (Å²) >= 11 is 0. The standard InChI is InChI=1S/C30H48O6/c1-3-4-5-6-7-8-9-13-16-25-26(32-2)21-24-22-35-29(23-14-11-10-12-15-23)36-28(24)30(25,31)18-17-27-33-19-20-34-27/h10-12,14-15,24-29,31H,3-9,13,16-22H2,1-2H3/t24-,25-,26+,28-,29-,30-/m1/s1. The van der Waals surface area contributed by atoms with Gasteiger partial charge in [-0.05, 0) is 19.3 Å². The second kappa shape index (κ2) is 14.2. The van der Waals surface area contributed by atoms with Gasteiger partial charge in [0.2, 0.25) is 0 Å². The molecule has 0 amide bonds. The van der Waals surface area contributed by atoms with Crippen LogP contribution in [-0.4, -0.2) is 56.1 Å². The molecule has 0 radical (unpaired) electrons. The van der Waals surface area contributed by atoms with Crippen molar-refractivity contribution >= 4 is 0 Å². The summed E-state index contributed by atoms with van der Waals surface area (Å²) < 4.78 is 30.2. The molecule has 204 valence electrons. The second-order valence-electron chi connectivity index (χ2n) is 11.0.